The maximum Gasteiger partial charge on any atom is 0.258 e. The number of benzene rings is 1. The van der Waals surface area contributed by atoms with Crippen LogP contribution in [0.4, 0.5) is 31.8 Å². The summed E-state index contributed by atoms with van der Waals surface area (Å²) < 4.78 is 54.0. The zero-order valence-corrected chi connectivity index (χ0v) is 23.5. The number of alkyl halides is 2. The Morgan fingerprint density at radius 1 is 1.08 bits per heavy atom. The molecule has 0 saturated carbocycles. The van der Waals surface area contributed by atoms with Gasteiger partial charge in [-0.1, -0.05) is 19.2 Å². The Balaban J connectivity index is 1.57. The Labute approximate surface area is 223 Å². The van der Waals surface area contributed by atoms with Gasteiger partial charge in [0.05, 0.1) is 37.4 Å². The van der Waals surface area contributed by atoms with Gasteiger partial charge in [0.2, 0.25) is 10.0 Å². The monoisotopic (exact) mass is 567 g/mol. The lowest BCUT2D eigenvalue weighted by Crippen LogP contribution is -2.43. The Morgan fingerprint density at radius 2 is 1.76 bits per heavy atom. The normalized spacial score (nSPS) is 19.2. The first-order valence-electron chi connectivity index (χ1n) is 12.8. The van der Waals surface area contributed by atoms with Gasteiger partial charge in [0.25, 0.3) is 11.8 Å². The van der Waals surface area contributed by atoms with Crippen LogP contribution < -0.4 is 19.8 Å². The fraction of sp³-hybridized carbons (Fsp3) is 0.520. The molecule has 2 saturated heterocycles. The van der Waals surface area contributed by atoms with Crippen LogP contribution in [0.5, 0.6) is 0 Å². The molecule has 13 heteroatoms. The highest BCUT2D eigenvalue weighted by molar-refractivity contribution is 7.92. The number of nitrogens with one attached hydrogen (secondary N) is 2. The van der Waals surface area contributed by atoms with Gasteiger partial charge in [-0.25, -0.2) is 22.2 Å². The lowest BCUT2D eigenvalue weighted by molar-refractivity contribution is -0.0221. The number of nitrogens with zero attached hydrogens (tertiary/aromatic N) is 3. The van der Waals surface area contributed by atoms with Crippen molar-refractivity contribution in [3.8, 4) is 0 Å². The minimum atomic E-state index is -3.73. The average Bonchev–Trinajstić information content (AvgIpc) is 2.84. The van der Waals surface area contributed by atoms with Gasteiger partial charge in [-0.15, -0.1) is 0 Å². The van der Waals surface area contributed by atoms with Crippen LogP contribution in [0.25, 0.3) is 0 Å². The Morgan fingerprint density at radius 3 is 2.42 bits per heavy atom. The zero-order chi connectivity index (χ0) is 27.6. The molecule has 208 valence electrons. The molecule has 3 N–H and O–H groups in total. The Bertz CT molecular complexity index is 1260. The minimum absolute atomic E-state index is 0.184. The van der Waals surface area contributed by atoms with Gasteiger partial charge in [0.15, 0.2) is 0 Å². The third-order valence-electron chi connectivity index (χ3n) is 7.13. The van der Waals surface area contributed by atoms with Gasteiger partial charge in [-0.2, -0.15) is 0 Å². The first-order chi connectivity index (χ1) is 17.9. The second-order valence-electron chi connectivity index (χ2n) is 10.7. The number of carbonyl (C=O) groups is 1. The van der Waals surface area contributed by atoms with Crippen LogP contribution in [0, 0.1) is 0 Å². The molecule has 1 aromatic heterocycles. The molecular weight excluding hydrogens is 532 g/mol. The van der Waals surface area contributed by atoms with Crippen molar-refractivity contribution in [2.75, 3.05) is 58.4 Å². The zero-order valence-electron chi connectivity index (χ0n) is 21.7. The standard InChI is InChI=1S/C25H35F2N5O4SSi/c1-38(2)16-12-31(13-17-38)21-18-19(30-37(35,36)15-14-33)6-7-20(21)24(34)29-22-4-3-5-23(28-22)32-10-8-25(26,27)9-11-32/h3-7,18,30,33H,8-17H2,1-2H3,(H,28,29,34). The molecule has 2 aromatic rings. The number of anilines is 4. The maximum absolute atomic E-state index is 13.6. The summed E-state index contributed by atoms with van der Waals surface area (Å²) in [6, 6.07) is 12.0. The van der Waals surface area contributed by atoms with Crippen molar-refractivity contribution in [1.82, 2.24) is 4.98 Å². The molecule has 0 spiro atoms. The van der Waals surface area contributed by atoms with E-state index in [9.17, 15) is 22.0 Å². The van der Waals surface area contributed by atoms with E-state index in [-0.39, 0.29) is 25.9 Å². The van der Waals surface area contributed by atoms with Gasteiger partial charge in [-0.05, 0) is 42.4 Å². The van der Waals surface area contributed by atoms with Gasteiger partial charge in [-0.3, -0.25) is 9.52 Å². The fourth-order valence-electron chi connectivity index (χ4n) is 4.67. The number of carbonyl (C=O) groups excluding carboxylic acids is 1. The molecule has 3 heterocycles. The number of rotatable bonds is 8. The average molecular weight is 568 g/mol. The van der Waals surface area contributed by atoms with Gasteiger partial charge >= 0.3 is 0 Å². The van der Waals surface area contributed by atoms with Crippen LogP contribution in [0.15, 0.2) is 36.4 Å². The largest absolute Gasteiger partial charge is 0.395 e. The molecule has 2 aliphatic rings. The molecule has 1 aromatic carbocycles. The van der Waals surface area contributed by atoms with Crippen molar-refractivity contribution in [2.24, 2.45) is 0 Å². The number of pyridine rings is 1. The lowest BCUT2D eigenvalue weighted by Gasteiger charge is -2.38. The minimum Gasteiger partial charge on any atom is -0.395 e. The second kappa shape index (κ2) is 11.1. The van der Waals surface area contributed by atoms with Crippen molar-refractivity contribution < 1.29 is 27.1 Å². The molecule has 1 amide bonds. The number of sulfonamides is 1. The predicted octanol–water partition coefficient (Wildman–Crippen LogP) is 3.83. The summed E-state index contributed by atoms with van der Waals surface area (Å²) in [5, 5.41) is 11.9. The number of piperidine rings is 1. The quantitative estimate of drug-likeness (QED) is 0.416. The summed E-state index contributed by atoms with van der Waals surface area (Å²) >= 11 is 0. The van der Waals surface area contributed by atoms with Crippen molar-refractivity contribution in [3.05, 3.63) is 42.0 Å². The second-order valence-corrected chi connectivity index (χ2v) is 17.9. The van der Waals surface area contributed by atoms with Gasteiger partial charge < -0.3 is 20.2 Å². The van der Waals surface area contributed by atoms with E-state index in [1.54, 1.807) is 35.2 Å². The molecule has 0 atom stereocenters. The van der Waals surface area contributed by atoms with Crippen molar-refractivity contribution in [3.63, 3.8) is 0 Å². The molecular formula is C25H35F2N5O4SSi. The van der Waals surface area contributed by atoms with Crippen LogP contribution in [0.1, 0.15) is 23.2 Å². The van der Waals surface area contributed by atoms with Crippen LogP contribution in [0.3, 0.4) is 0 Å². The predicted molar refractivity (Wildman–Crippen MR) is 149 cm³/mol. The molecule has 38 heavy (non-hydrogen) atoms. The van der Waals surface area contributed by atoms with Crippen LogP contribution in [0.2, 0.25) is 25.2 Å². The van der Waals surface area contributed by atoms with Crippen LogP contribution >= 0.6 is 0 Å². The number of halogens is 2. The summed E-state index contributed by atoms with van der Waals surface area (Å²) in [6.07, 6.45) is -0.475. The van der Waals surface area contributed by atoms with E-state index in [1.165, 1.54) is 6.07 Å². The SMILES string of the molecule is C[Si]1(C)CCN(c2cc(NS(=O)(=O)CCO)ccc2C(=O)Nc2cccc(N3CCC(F)(F)CC3)n2)CC1. The Kier molecular flexibility index (Phi) is 8.28. The van der Waals surface area contributed by atoms with E-state index in [0.717, 1.165) is 25.2 Å². The summed E-state index contributed by atoms with van der Waals surface area (Å²) in [4.78, 5) is 21.8. The molecule has 0 aliphatic carbocycles. The highest BCUT2D eigenvalue weighted by Gasteiger charge is 2.34. The van der Waals surface area contributed by atoms with Crippen molar-refractivity contribution in [1.29, 1.82) is 0 Å². The van der Waals surface area contributed by atoms with Gasteiger partial charge in [0.1, 0.15) is 11.6 Å². The van der Waals surface area contributed by atoms with Crippen molar-refractivity contribution in [2.45, 2.75) is 43.9 Å². The first-order valence-corrected chi connectivity index (χ1v) is 17.8. The Hall–Kier alpha value is -2.77. The molecule has 2 fully saturated rings. The fourth-order valence-corrected chi connectivity index (χ4v) is 7.50. The number of hydrogen-bond acceptors (Lipinski definition) is 7. The number of aliphatic hydroxyl groups excluding tert-OH is 1. The highest BCUT2D eigenvalue weighted by Crippen LogP contribution is 2.33. The highest BCUT2D eigenvalue weighted by atomic mass is 32.2. The third kappa shape index (κ3) is 7.20. The molecule has 0 radical (unpaired) electrons. The molecule has 0 bridgehead atoms. The van der Waals surface area contributed by atoms with Crippen LogP contribution in [-0.2, 0) is 10.0 Å². The van der Waals surface area contributed by atoms with E-state index < -0.39 is 42.3 Å². The number of aliphatic hydroxyl groups is 1. The van der Waals surface area contributed by atoms with E-state index in [0.29, 0.717) is 28.6 Å². The lowest BCUT2D eigenvalue weighted by atomic mass is 10.1. The molecule has 4 rings (SSSR count). The summed E-state index contributed by atoms with van der Waals surface area (Å²) in [5.74, 6) is -2.67. The third-order valence-corrected chi connectivity index (χ3v) is 11.5. The maximum atomic E-state index is 13.6. The number of hydrogen-bond donors (Lipinski definition) is 3. The molecule has 0 unspecified atom stereocenters. The summed E-state index contributed by atoms with van der Waals surface area (Å²) in [7, 11) is -5.04. The van der Waals surface area contributed by atoms with E-state index in [1.807, 2.05) is 0 Å². The molecule has 9 nitrogen and oxygen atoms in total. The molecule has 2 aliphatic heterocycles. The van der Waals surface area contributed by atoms with E-state index in [2.05, 4.69) is 33.0 Å². The van der Waals surface area contributed by atoms with Crippen LogP contribution in [-0.4, -0.2) is 77.0 Å². The van der Waals surface area contributed by atoms with E-state index >= 15 is 0 Å². The topological polar surface area (TPSA) is 115 Å². The summed E-state index contributed by atoms with van der Waals surface area (Å²) in [6.45, 7) is 6.06. The van der Waals surface area contributed by atoms with E-state index in [4.69, 9.17) is 5.11 Å². The van der Waals surface area contributed by atoms with Crippen molar-refractivity contribution >= 4 is 47.0 Å². The first kappa shape index (κ1) is 28.2. The van der Waals surface area contributed by atoms with Gasteiger partial charge in [0, 0.05) is 39.0 Å². The number of amides is 1. The number of aromatic nitrogens is 1. The smallest absolute Gasteiger partial charge is 0.258 e. The summed E-state index contributed by atoms with van der Waals surface area (Å²) in [5.41, 5.74) is 1.31.